The topological polar surface area (TPSA) is 75.4 Å². The maximum atomic E-state index is 12.1. The van der Waals surface area contributed by atoms with Crippen LogP contribution >= 0.6 is 15.9 Å². The fourth-order valence-electron chi connectivity index (χ4n) is 2.60. The smallest absolute Gasteiger partial charge is 0.253 e. The van der Waals surface area contributed by atoms with Crippen LogP contribution in [0.25, 0.3) is 0 Å². The molecule has 1 fully saturated rings. The van der Waals surface area contributed by atoms with Crippen molar-refractivity contribution in [3.8, 4) is 0 Å². The van der Waals surface area contributed by atoms with Crippen LogP contribution in [0.3, 0.4) is 0 Å². The molecule has 1 aromatic carbocycles. The molecular weight excluding hydrogens is 308 g/mol. The van der Waals surface area contributed by atoms with Crippen molar-refractivity contribution in [2.75, 3.05) is 18.9 Å². The highest BCUT2D eigenvalue weighted by molar-refractivity contribution is 9.10. The lowest BCUT2D eigenvalue weighted by Crippen LogP contribution is -2.38. The predicted octanol–water partition coefficient (Wildman–Crippen LogP) is 2.31. The number of benzene rings is 1. The summed E-state index contributed by atoms with van der Waals surface area (Å²) in [4.78, 5) is 12.1. The molecule has 4 nitrogen and oxygen atoms in total. The summed E-state index contributed by atoms with van der Waals surface area (Å²) < 4.78 is 0.824. The van der Waals surface area contributed by atoms with Gasteiger partial charge in [-0.1, -0.05) is 28.8 Å². The Labute approximate surface area is 121 Å². The van der Waals surface area contributed by atoms with E-state index in [9.17, 15) is 9.90 Å². The van der Waals surface area contributed by atoms with E-state index in [1.54, 1.807) is 18.2 Å². The first-order valence-electron chi connectivity index (χ1n) is 6.50. The van der Waals surface area contributed by atoms with Gasteiger partial charge in [-0.15, -0.1) is 0 Å². The van der Waals surface area contributed by atoms with Gasteiger partial charge in [-0.05, 0) is 31.0 Å². The molecule has 0 aliphatic heterocycles. The van der Waals surface area contributed by atoms with E-state index in [0.717, 1.165) is 30.2 Å². The summed E-state index contributed by atoms with van der Waals surface area (Å²) in [7, 11) is 0. The fourth-order valence-corrected chi connectivity index (χ4v) is 2.97. The Morgan fingerprint density at radius 1 is 1.42 bits per heavy atom. The van der Waals surface area contributed by atoms with Gasteiger partial charge in [-0.25, -0.2) is 0 Å². The van der Waals surface area contributed by atoms with Crippen LogP contribution in [0, 0.1) is 5.41 Å². The minimum Gasteiger partial charge on any atom is -0.398 e. The van der Waals surface area contributed by atoms with Crippen molar-refractivity contribution >= 4 is 27.5 Å². The number of hydrogen-bond acceptors (Lipinski definition) is 3. The van der Waals surface area contributed by atoms with Crippen molar-refractivity contribution < 1.29 is 9.90 Å². The van der Waals surface area contributed by atoms with Crippen molar-refractivity contribution in [1.29, 1.82) is 0 Å². The second kappa shape index (κ2) is 5.92. The summed E-state index contributed by atoms with van der Waals surface area (Å²) in [5.74, 6) is -0.182. The molecule has 1 aliphatic rings. The highest BCUT2D eigenvalue weighted by Gasteiger charge is 2.33. The zero-order chi connectivity index (χ0) is 13.9. The zero-order valence-electron chi connectivity index (χ0n) is 10.8. The standard InChI is InChI=1S/C14H19BrN2O2/c15-10-3-4-12(16)11(7-10)13(19)17-8-14(9-18)5-1-2-6-14/h3-4,7,18H,1-2,5-6,8-9,16H2,(H,17,19). The third-order valence-electron chi connectivity index (χ3n) is 3.88. The first-order chi connectivity index (χ1) is 9.06. The maximum Gasteiger partial charge on any atom is 0.253 e. The van der Waals surface area contributed by atoms with Crippen LogP contribution < -0.4 is 11.1 Å². The minimum atomic E-state index is -0.182. The molecule has 5 heteroatoms. The Morgan fingerprint density at radius 2 is 2.11 bits per heavy atom. The van der Waals surface area contributed by atoms with Gasteiger partial charge in [0.05, 0.1) is 12.2 Å². The van der Waals surface area contributed by atoms with Gasteiger partial charge >= 0.3 is 0 Å². The molecule has 0 heterocycles. The van der Waals surface area contributed by atoms with E-state index in [1.165, 1.54) is 0 Å². The number of carbonyl (C=O) groups is 1. The Balaban J connectivity index is 2.03. The Morgan fingerprint density at radius 3 is 2.74 bits per heavy atom. The second-order valence-electron chi connectivity index (χ2n) is 5.28. The van der Waals surface area contributed by atoms with Crippen molar-refractivity contribution in [2.24, 2.45) is 5.41 Å². The first-order valence-corrected chi connectivity index (χ1v) is 7.30. The van der Waals surface area contributed by atoms with E-state index in [1.807, 2.05) is 0 Å². The summed E-state index contributed by atoms with van der Waals surface area (Å²) in [5.41, 5.74) is 6.60. The normalized spacial score (nSPS) is 17.4. The molecule has 0 aromatic heterocycles. The number of nitrogens with two attached hydrogens (primary N) is 1. The monoisotopic (exact) mass is 326 g/mol. The van der Waals surface area contributed by atoms with E-state index < -0.39 is 0 Å². The molecule has 0 spiro atoms. The van der Waals surface area contributed by atoms with E-state index in [4.69, 9.17) is 5.73 Å². The summed E-state index contributed by atoms with van der Waals surface area (Å²) >= 11 is 3.33. The maximum absolute atomic E-state index is 12.1. The number of hydrogen-bond donors (Lipinski definition) is 3. The number of aliphatic hydroxyl groups is 1. The molecule has 0 atom stereocenters. The fraction of sp³-hybridized carbons (Fsp3) is 0.500. The van der Waals surface area contributed by atoms with Crippen LogP contribution in [0.1, 0.15) is 36.0 Å². The molecule has 1 amide bonds. The molecule has 19 heavy (non-hydrogen) atoms. The minimum absolute atomic E-state index is 0.126. The lowest BCUT2D eigenvalue weighted by atomic mass is 9.87. The highest BCUT2D eigenvalue weighted by atomic mass is 79.9. The third kappa shape index (κ3) is 3.28. The molecule has 1 aromatic rings. The van der Waals surface area contributed by atoms with Crippen LogP contribution in [0.4, 0.5) is 5.69 Å². The van der Waals surface area contributed by atoms with E-state index in [-0.39, 0.29) is 17.9 Å². The van der Waals surface area contributed by atoms with Gasteiger partial charge in [-0.2, -0.15) is 0 Å². The largest absolute Gasteiger partial charge is 0.398 e. The van der Waals surface area contributed by atoms with E-state index >= 15 is 0 Å². The molecule has 0 bridgehead atoms. The van der Waals surface area contributed by atoms with E-state index in [0.29, 0.717) is 17.8 Å². The first kappa shape index (κ1) is 14.3. The summed E-state index contributed by atoms with van der Waals surface area (Å²) in [6.45, 7) is 0.634. The Kier molecular flexibility index (Phi) is 4.47. The van der Waals surface area contributed by atoms with Gasteiger partial charge in [0, 0.05) is 22.1 Å². The number of halogens is 1. The van der Waals surface area contributed by atoms with Gasteiger partial charge in [0.2, 0.25) is 0 Å². The van der Waals surface area contributed by atoms with E-state index in [2.05, 4.69) is 21.2 Å². The number of nitrogens with one attached hydrogen (secondary N) is 1. The number of amides is 1. The number of carbonyl (C=O) groups excluding carboxylic acids is 1. The van der Waals surface area contributed by atoms with Gasteiger partial charge < -0.3 is 16.2 Å². The van der Waals surface area contributed by atoms with Gasteiger partial charge in [-0.3, -0.25) is 4.79 Å². The molecule has 0 radical (unpaired) electrons. The molecule has 104 valence electrons. The summed E-state index contributed by atoms with van der Waals surface area (Å²) in [5, 5.41) is 12.4. The number of rotatable bonds is 4. The average molecular weight is 327 g/mol. The molecule has 4 N–H and O–H groups in total. The number of anilines is 1. The van der Waals surface area contributed by atoms with Crippen LogP contribution in [-0.2, 0) is 0 Å². The molecule has 0 saturated heterocycles. The summed E-state index contributed by atoms with van der Waals surface area (Å²) in [6.07, 6.45) is 4.18. The predicted molar refractivity (Wildman–Crippen MR) is 78.9 cm³/mol. The third-order valence-corrected chi connectivity index (χ3v) is 4.38. The van der Waals surface area contributed by atoms with Crippen LogP contribution in [0.15, 0.2) is 22.7 Å². The Hall–Kier alpha value is -1.07. The number of nitrogen functional groups attached to an aromatic ring is 1. The highest BCUT2D eigenvalue weighted by Crippen LogP contribution is 2.37. The molecule has 1 aliphatic carbocycles. The summed E-state index contributed by atoms with van der Waals surface area (Å²) in [6, 6.07) is 5.22. The van der Waals surface area contributed by atoms with Gasteiger partial charge in [0.25, 0.3) is 5.91 Å². The molecule has 1 saturated carbocycles. The van der Waals surface area contributed by atoms with Gasteiger partial charge in [0.15, 0.2) is 0 Å². The molecule has 0 unspecified atom stereocenters. The SMILES string of the molecule is Nc1ccc(Br)cc1C(=O)NCC1(CO)CCCC1. The van der Waals surface area contributed by atoms with Crippen LogP contribution in [-0.4, -0.2) is 24.2 Å². The van der Waals surface area contributed by atoms with Crippen molar-refractivity contribution in [1.82, 2.24) is 5.32 Å². The second-order valence-corrected chi connectivity index (χ2v) is 6.20. The quantitative estimate of drug-likeness (QED) is 0.743. The van der Waals surface area contributed by atoms with Crippen molar-refractivity contribution in [2.45, 2.75) is 25.7 Å². The van der Waals surface area contributed by atoms with Crippen molar-refractivity contribution in [3.05, 3.63) is 28.2 Å². The number of aliphatic hydroxyl groups excluding tert-OH is 1. The van der Waals surface area contributed by atoms with Crippen LogP contribution in [0.5, 0.6) is 0 Å². The average Bonchev–Trinajstić information content (AvgIpc) is 2.88. The lowest BCUT2D eigenvalue weighted by molar-refractivity contribution is 0.0881. The van der Waals surface area contributed by atoms with Crippen LogP contribution in [0.2, 0.25) is 0 Å². The van der Waals surface area contributed by atoms with Gasteiger partial charge in [0.1, 0.15) is 0 Å². The van der Waals surface area contributed by atoms with Crippen molar-refractivity contribution in [3.63, 3.8) is 0 Å². The Bertz CT molecular complexity index is 471. The molecule has 2 rings (SSSR count). The molecular formula is C14H19BrN2O2. The lowest BCUT2D eigenvalue weighted by Gasteiger charge is -2.26. The zero-order valence-corrected chi connectivity index (χ0v) is 12.4.